The Balaban J connectivity index is 1.63. The summed E-state index contributed by atoms with van der Waals surface area (Å²) in [6, 6.07) is 9.91. The average molecular weight is 652 g/mol. The minimum absolute atomic E-state index is 0.0255. The number of halogens is 3. The molecule has 1 heterocycles. The van der Waals surface area contributed by atoms with Gasteiger partial charge in [0.25, 0.3) is 5.91 Å². The summed E-state index contributed by atoms with van der Waals surface area (Å²) < 4.78 is 20.3. The maximum absolute atomic E-state index is 13.2. The van der Waals surface area contributed by atoms with Gasteiger partial charge in [0, 0.05) is 35.3 Å². The molecule has 0 bridgehead atoms. The molecule has 2 atom stereocenters. The van der Waals surface area contributed by atoms with Gasteiger partial charge < -0.3 is 14.7 Å². The molecule has 2 aromatic carbocycles. The Kier molecular flexibility index (Phi) is 8.14. The molecule has 1 N–H and O–H groups in total. The Hall–Kier alpha value is -1.47. The molecule has 0 aliphatic carbocycles. The third-order valence-electron chi connectivity index (χ3n) is 5.31. The van der Waals surface area contributed by atoms with E-state index < -0.39 is 5.97 Å². The molecule has 0 radical (unpaired) electrons. The zero-order valence-corrected chi connectivity index (χ0v) is 21.5. The third kappa shape index (κ3) is 6.07. The summed E-state index contributed by atoms with van der Waals surface area (Å²) in [6.07, 6.45) is 0. The number of ether oxygens (including phenoxy) is 1. The molecular formula is C22H23FI2N2O4. The molecule has 2 aromatic rings. The van der Waals surface area contributed by atoms with E-state index >= 15 is 0 Å². The SMILES string of the molecule is C[C@@H]1CN(Cc2ccc(F)cc2)[C@@H](C)CN1C(=O)COc1c(I)cc(I)cc1C(=O)O. The summed E-state index contributed by atoms with van der Waals surface area (Å²) in [6.45, 7) is 5.74. The zero-order chi connectivity index (χ0) is 22.7. The van der Waals surface area contributed by atoms with Gasteiger partial charge in [0.05, 0.1) is 3.57 Å². The molecule has 9 heteroatoms. The maximum Gasteiger partial charge on any atom is 0.339 e. The van der Waals surface area contributed by atoms with E-state index in [0.717, 1.165) is 9.13 Å². The second kappa shape index (κ2) is 10.4. The summed E-state index contributed by atoms with van der Waals surface area (Å²) in [7, 11) is 0. The van der Waals surface area contributed by atoms with Gasteiger partial charge >= 0.3 is 5.97 Å². The van der Waals surface area contributed by atoms with Crippen LogP contribution in [0.1, 0.15) is 29.8 Å². The van der Waals surface area contributed by atoms with Crippen LogP contribution in [0, 0.1) is 13.0 Å². The molecule has 1 amide bonds. The maximum atomic E-state index is 13.2. The first-order valence-corrected chi connectivity index (χ1v) is 11.9. The number of carboxylic acids is 1. The number of nitrogens with zero attached hydrogens (tertiary/aromatic N) is 2. The number of carboxylic acid groups (broad SMARTS) is 1. The van der Waals surface area contributed by atoms with Gasteiger partial charge in [-0.1, -0.05) is 12.1 Å². The number of piperazine rings is 1. The van der Waals surface area contributed by atoms with Gasteiger partial charge in [-0.2, -0.15) is 0 Å². The van der Waals surface area contributed by atoms with Gasteiger partial charge in [-0.25, -0.2) is 9.18 Å². The van der Waals surface area contributed by atoms with Crippen LogP contribution in [-0.2, 0) is 11.3 Å². The number of hydrogen-bond donors (Lipinski definition) is 1. The second-order valence-corrected chi connectivity index (χ2v) is 10.1. The first-order valence-electron chi connectivity index (χ1n) is 9.78. The lowest BCUT2D eigenvalue weighted by atomic mass is 10.1. The molecular weight excluding hydrogens is 629 g/mol. The number of carbonyl (C=O) groups is 2. The number of carbonyl (C=O) groups excluding carboxylic acids is 1. The van der Waals surface area contributed by atoms with E-state index in [4.69, 9.17) is 4.74 Å². The molecule has 1 saturated heterocycles. The number of amides is 1. The van der Waals surface area contributed by atoms with E-state index in [1.165, 1.54) is 18.2 Å². The Bertz CT molecular complexity index is 971. The van der Waals surface area contributed by atoms with Crippen molar-refractivity contribution in [3.05, 3.63) is 60.5 Å². The Morgan fingerprint density at radius 1 is 1.13 bits per heavy atom. The molecule has 31 heavy (non-hydrogen) atoms. The van der Waals surface area contributed by atoms with E-state index in [1.54, 1.807) is 17.0 Å². The van der Waals surface area contributed by atoms with Crippen LogP contribution in [0.5, 0.6) is 5.75 Å². The lowest BCUT2D eigenvalue weighted by Crippen LogP contribution is -2.58. The minimum Gasteiger partial charge on any atom is -0.482 e. The Morgan fingerprint density at radius 2 is 1.81 bits per heavy atom. The van der Waals surface area contributed by atoms with Gasteiger partial charge in [-0.3, -0.25) is 9.69 Å². The molecule has 166 valence electrons. The van der Waals surface area contributed by atoms with Crippen molar-refractivity contribution < 1.29 is 23.8 Å². The van der Waals surface area contributed by atoms with Gasteiger partial charge in [0.1, 0.15) is 17.1 Å². The lowest BCUT2D eigenvalue weighted by Gasteiger charge is -2.44. The van der Waals surface area contributed by atoms with E-state index in [2.05, 4.69) is 34.4 Å². The van der Waals surface area contributed by atoms with Crippen LogP contribution in [0.3, 0.4) is 0 Å². The first-order chi connectivity index (χ1) is 14.7. The van der Waals surface area contributed by atoms with Crippen LogP contribution in [0.4, 0.5) is 4.39 Å². The molecule has 1 aliphatic rings. The molecule has 0 saturated carbocycles. The van der Waals surface area contributed by atoms with Crippen LogP contribution in [0.25, 0.3) is 0 Å². The molecule has 0 unspecified atom stereocenters. The smallest absolute Gasteiger partial charge is 0.339 e. The summed E-state index contributed by atoms with van der Waals surface area (Å²) in [5, 5.41) is 9.46. The number of benzene rings is 2. The molecule has 0 spiro atoms. The van der Waals surface area contributed by atoms with Crippen molar-refractivity contribution >= 4 is 57.1 Å². The Labute approximate surface area is 208 Å². The Morgan fingerprint density at radius 3 is 2.45 bits per heavy atom. The van der Waals surface area contributed by atoms with Crippen molar-refractivity contribution in [3.63, 3.8) is 0 Å². The van der Waals surface area contributed by atoms with Gasteiger partial charge in [-0.05, 0) is 88.9 Å². The second-order valence-electron chi connectivity index (χ2n) is 7.66. The number of aromatic carboxylic acids is 1. The van der Waals surface area contributed by atoms with E-state index in [-0.39, 0.29) is 41.7 Å². The molecule has 0 aromatic heterocycles. The monoisotopic (exact) mass is 652 g/mol. The zero-order valence-electron chi connectivity index (χ0n) is 17.1. The van der Waals surface area contributed by atoms with E-state index in [0.29, 0.717) is 23.2 Å². The van der Waals surface area contributed by atoms with Crippen molar-refractivity contribution in [1.82, 2.24) is 9.80 Å². The summed E-state index contributed by atoms with van der Waals surface area (Å²) in [5.41, 5.74) is 1.08. The average Bonchev–Trinajstić information content (AvgIpc) is 2.70. The highest BCUT2D eigenvalue weighted by Crippen LogP contribution is 2.29. The number of hydrogen-bond acceptors (Lipinski definition) is 4. The molecule has 6 nitrogen and oxygen atoms in total. The topological polar surface area (TPSA) is 70.1 Å². The standard InChI is InChI=1S/C22H23FI2N2O4/c1-13-10-27(14(2)9-26(13)11-15-3-5-16(23)6-4-15)20(28)12-31-21-18(22(29)30)7-17(24)8-19(21)25/h3-8,13-14H,9-12H2,1-2H3,(H,29,30)/t13-,14+/m0/s1. The molecule has 1 aliphatic heterocycles. The fourth-order valence-corrected chi connectivity index (χ4v) is 5.67. The highest BCUT2D eigenvalue weighted by Gasteiger charge is 2.32. The van der Waals surface area contributed by atoms with Crippen LogP contribution < -0.4 is 4.74 Å². The van der Waals surface area contributed by atoms with Crippen molar-refractivity contribution in [2.45, 2.75) is 32.5 Å². The lowest BCUT2D eigenvalue weighted by molar-refractivity contribution is -0.139. The third-order valence-corrected chi connectivity index (χ3v) is 6.74. The fraction of sp³-hybridized carbons (Fsp3) is 0.364. The molecule has 3 rings (SSSR count). The van der Waals surface area contributed by atoms with E-state index in [1.807, 2.05) is 35.6 Å². The van der Waals surface area contributed by atoms with E-state index in [9.17, 15) is 19.1 Å². The van der Waals surface area contributed by atoms with Crippen LogP contribution >= 0.6 is 45.2 Å². The first kappa shape index (κ1) is 24.2. The predicted molar refractivity (Wildman–Crippen MR) is 132 cm³/mol. The minimum atomic E-state index is -1.09. The largest absolute Gasteiger partial charge is 0.482 e. The van der Waals surface area contributed by atoms with Crippen LogP contribution in [0.15, 0.2) is 36.4 Å². The van der Waals surface area contributed by atoms with Crippen molar-refractivity contribution in [3.8, 4) is 5.75 Å². The van der Waals surface area contributed by atoms with Crippen molar-refractivity contribution in [2.75, 3.05) is 19.7 Å². The molecule has 1 fully saturated rings. The fourth-order valence-electron chi connectivity index (χ4n) is 3.67. The van der Waals surface area contributed by atoms with Crippen molar-refractivity contribution in [1.29, 1.82) is 0 Å². The predicted octanol–water partition coefficient (Wildman–Crippen LogP) is 4.23. The van der Waals surface area contributed by atoms with Crippen LogP contribution in [0.2, 0.25) is 0 Å². The quantitative estimate of drug-likeness (QED) is 0.474. The van der Waals surface area contributed by atoms with Crippen molar-refractivity contribution in [2.24, 2.45) is 0 Å². The highest BCUT2D eigenvalue weighted by molar-refractivity contribution is 14.1. The normalized spacial score (nSPS) is 19.3. The van der Waals surface area contributed by atoms with Gasteiger partial charge in [-0.15, -0.1) is 0 Å². The van der Waals surface area contributed by atoms with Crippen LogP contribution in [-0.4, -0.2) is 58.6 Å². The summed E-state index contributed by atoms with van der Waals surface area (Å²) in [5.74, 6) is -1.30. The number of rotatable bonds is 6. The van der Waals surface area contributed by atoms with Gasteiger partial charge in [0.15, 0.2) is 6.61 Å². The summed E-state index contributed by atoms with van der Waals surface area (Å²) >= 11 is 4.07. The van der Waals surface area contributed by atoms with Gasteiger partial charge in [0.2, 0.25) is 0 Å². The highest BCUT2D eigenvalue weighted by atomic mass is 127. The summed E-state index contributed by atoms with van der Waals surface area (Å²) in [4.78, 5) is 28.5.